The number of carbonyl (C=O) groups is 1. The highest BCUT2D eigenvalue weighted by molar-refractivity contribution is 5.75. The van der Waals surface area contributed by atoms with Crippen molar-refractivity contribution in [3.05, 3.63) is 0 Å². The van der Waals surface area contributed by atoms with E-state index >= 15 is 0 Å². The third-order valence-electron chi connectivity index (χ3n) is 5.30. The lowest BCUT2D eigenvalue weighted by Gasteiger charge is -2.56. The van der Waals surface area contributed by atoms with Crippen LogP contribution in [0.2, 0.25) is 0 Å². The highest BCUT2D eigenvalue weighted by atomic mass is 16.1. The standard InChI is InChI=1S/C15H25NO/c1-2-3-14(17)16-10-15-7-11-4-12(8-15)6-13(5-11)9-15/h11-13H,2-10H2,1H3,(H,16,17). The number of nitrogens with one attached hydrogen (secondary N) is 1. The zero-order valence-electron chi connectivity index (χ0n) is 11.0. The van der Waals surface area contributed by atoms with Gasteiger partial charge >= 0.3 is 0 Å². The second kappa shape index (κ2) is 4.29. The van der Waals surface area contributed by atoms with Crippen LogP contribution >= 0.6 is 0 Å². The van der Waals surface area contributed by atoms with Crippen LogP contribution in [-0.2, 0) is 4.79 Å². The molecule has 0 atom stereocenters. The highest BCUT2D eigenvalue weighted by Gasteiger charge is 2.50. The summed E-state index contributed by atoms with van der Waals surface area (Å²) in [6.45, 7) is 3.04. The maximum Gasteiger partial charge on any atom is 0.220 e. The summed E-state index contributed by atoms with van der Waals surface area (Å²) in [7, 11) is 0. The minimum Gasteiger partial charge on any atom is -0.356 e. The molecule has 0 aromatic carbocycles. The third kappa shape index (κ3) is 2.23. The van der Waals surface area contributed by atoms with Crippen molar-refractivity contribution in [1.29, 1.82) is 0 Å². The van der Waals surface area contributed by atoms with E-state index in [1.165, 1.54) is 38.5 Å². The summed E-state index contributed by atoms with van der Waals surface area (Å²) < 4.78 is 0. The molecule has 0 unspecified atom stereocenters. The maximum absolute atomic E-state index is 11.6. The van der Waals surface area contributed by atoms with E-state index in [9.17, 15) is 4.79 Å². The fourth-order valence-corrected chi connectivity index (χ4v) is 5.11. The van der Waals surface area contributed by atoms with Crippen molar-refractivity contribution in [2.45, 2.75) is 58.3 Å². The number of hydrogen-bond acceptors (Lipinski definition) is 1. The molecule has 96 valence electrons. The van der Waals surface area contributed by atoms with Crippen LogP contribution in [0.1, 0.15) is 58.3 Å². The smallest absolute Gasteiger partial charge is 0.220 e. The predicted molar refractivity (Wildman–Crippen MR) is 68.5 cm³/mol. The van der Waals surface area contributed by atoms with E-state index in [0.717, 1.165) is 30.7 Å². The van der Waals surface area contributed by atoms with Crippen molar-refractivity contribution in [1.82, 2.24) is 5.32 Å². The molecule has 0 aromatic heterocycles. The van der Waals surface area contributed by atoms with Gasteiger partial charge < -0.3 is 5.32 Å². The molecule has 4 aliphatic rings. The molecule has 2 heteroatoms. The van der Waals surface area contributed by atoms with Gasteiger partial charge in [0.2, 0.25) is 5.91 Å². The van der Waals surface area contributed by atoms with Crippen molar-refractivity contribution in [3.63, 3.8) is 0 Å². The van der Waals surface area contributed by atoms with Crippen LogP contribution in [0.15, 0.2) is 0 Å². The Balaban J connectivity index is 1.60. The lowest BCUT2D eigenvalue weighted by molar-refractivity contribution is -0.123. The lowest BCUT2D eigenvalue weighted by atomic mass is 9.49. The summed E-state index contributed by atoms with van der Waals surface area (Å²) in [5.41, 5.74) is 0.498. The van der Waals surface area contributed by atoms with Crippen LogP contribution in [0.4, 0.5) is 0 Å². The first-order valence-electron chi connectivity index (χ1n) is 7.46. The van der Waals surface area contributed by atoms with E-state index < -0.39 is 0 Å². The Hall–Kier alpha value is -0.530. The molecule has 0 spiro atoms. The van der Waals surface area contributed by atoms with Gasteiger partial charge in [0.05, 0.1) is 0 Å². The van der Waals surface area contributed by atoms with Gasteiger partial charge in [-0.2, -0.15) is 0 Å². The fourth-order valence-electron chi connectivity index (χ4n) is 5.11. The molecular weight excluding hydrogens is 210 g/mol. The molecule has 0 saturated heterocycles. The molecule has 4 fully saturated rings. The van der Waals surface area contributed by atoms with Crippen LogP contribution < -0.4 is 5.32 Å². The van der Waals surface area contributed by atoms with Crippen LogP contribution in [0.3, 0.4) is 0 Å². The quantitative estimate of drug-likeness (QED) is 0.797. The minimum absolute atomic E-state index is 0.267. The maximum atomic E-state index is 11.6. The lowest BCUT2D eigenvalue weighted by Crippen LogP contribution is -2.51. The van der Waals surface area contributed by atoms with Crippen LogP contribution in [0.5, 0.6) is 0 Å². The van der Waals surface area contributed by atoms with E-state index in [0.29, 0.717) is 11.8 Å². The summed E-state index contributed by atoms with van der Waals surface area (Å²) in [5, 5.41) is 3.20. The summed E-state index contributed by atoms with van der Waals surface area (Å²) in [5.74, 6) is 3.24. The summed E-state index contributed by atoms with van der Waals surface area (Å²) in [6.07, 6.45) is 10.3. The first-order chi connectivity index (χ1) is 8.19. The Morgan fingerprint density at radius 3 is 2.12 bits per heavy atom. The molecule has 0 aromatic rings. The van der Waals surface area contributed by atoms with Gasteiger partial charge in [-0.25, -0.2) is 0 Å². The van der Waals surface area contributed by atoms with E-state index in [1.54, 1.807) is 0 Å². The van der Waals surface area contributed by atoms with Crippen molar-refractivity contribution in [3.8, 4) is 0 Å². The monoisotopic (exact) mass is 235 g/mol. The summed E-state index contributed by atoms with van der Waals surface area (Å²) in [6, 6.07) is 0. The van der Waals surface area contributed by atoms with Crippen LogP contribution in [0, 0.1) is 23.2 Å². The molecule has 1 amide bonds. The molecule has 4 rings (SSSR count). The molecule has 4 saturated carbocycles. The van der Waals surface area contributed by atoms with Gasteiger partial charge in [-0.1, -0.05) is 6.92 Å². The normalized spacial score (nSPS) is 42.8. The average Bonchev–Trinajstić information content (AvgIpc) is 2.25. The van der Waals surface area contributed by atoms with Gasteiger partial charge in [-0.15, -0.1) is 0 Å². The number of hydrogen-bond donors (Lipinski definition) is 1. The summed E-state index contributed by atoms with van der Waals surface area (Å²) >= 11 is 0. The van der Waals surface area contributed by atoms with Crippen LogP contribution in [-0.4, -0.2) is 12.5 Å². The van der Waals surface area contributed by atoms with E-state index in [2.05, 4.69) is 12.2 Å². The molecule has 0 radical (unpaired) electrons. The van der Waals surface area contributed by atoms with Crippen molar-refractivity contribution in [2.75, 3.05) is 6.54 Å². The van der Waals surface area contributed by atoms with Gasteiger partial charge in [0.15, 0.2) is 0 Å². The van der Waals surface area contributed by atoms with Gasteiger partial charge in [0, 0.05) is 13.0 Å². The Morgan fingerprint density at radius 2 is 1.65 bits per heavy atom. The van der Waals surface area contributed by atoms with Gasteiger partial charge in [0.25, 0.3) is 0 Å². The molecular formula is C15H25NO. The summed E-state index contributed by atoms with van der Waals surface area (Å²) in [4.78, 5) is 11.6. The first kappa shape index (κ1) is 11.6. The Labute approximate surface area is 105 Å². The van der Waals surface area contributed by atoms with Gasteiger partial charge in [-0.3, -0.25) is 4.79 Å². The topological polar surface area (TPSA) is 29.1 Å². The SMILES string of the molecule is CCCC(=O)NCC12CC3CC(CC(C3)C1)C2. The molecule has 0 aliphatic heterocycles. The van der Waals surface area contributed by atoms with E-state index in [-0.39, 0.29) is 5.91 Å². The minimum atomic E-state index is 0.267. The molecule has 2 nitrogen and oxygen atoms in total. The second-order valence-electron chi connectivity index (χ2n) is 6.94. The predicted octanol–water partition coefficient (Wildman–Crippen LogP) is 3.12. The highest BCUT2D eigenvalue weighted by Crippen LogP contribution is 2.59. The number of rotatable bonds is 4. The van der Waals surface area contributed by atoms with Gasteiger partial charge in [0.1, 0.15) is 0 Å². The van der Waals surface area contributed by atoms with E-state index in [4.69, 9.17) is 0 Å². The Bertz CT molecular complexity index is 275. The largest absolute Gasteiger partial charge is 0.356 e. The average molecular weight is 235 g/mol. The zero-order chi connectivity index (χ0) is 11.9. The van der Waals surface area contributed by atoms with Crippen molar-refractivity contribution >= 4 is 5.91 Å². The molecule has 0 heterocycles. The third-order valence-corrected chi connectivity index (χ3v) is 5.30. The van der Waals surface area contributed by atoms with E-state index in [1.807, 2.05) is 0 Å². The van der Waals surface area contributed by atoms with Gasteiger partial charge in [-0.05, 0) is 68.1 Å². The zero-order valence-corrected chi connectivity index (χ0v) is 11.0. The number of amides is 1. The first-order valence-corrected chi connectivity index (χ1v) is 7.46. The second-order valence-corrected chi connectivity index (χ2v) is 6.94. The van der Waals surface area contributed by atoms with Crippen LogP contribution in [0.25, 0.3) is 0 Å². The molecule has 17 heavy (non-hydrogen) atoms. The van der Waals surface area contributed by atoms with Crippen molar-refractivity contribution < 1.29 is 4.79 Å². The Morgan fingerprint density at radius 1 is 1.12 bits per heavy atom. The molecule has 4 bridgehead atoms. The van der Waals surface area contributed by atoms with Crippen molar-refractivity contribution in [2.24, 2.45) is 23.2 Å². The molecule has 1 N–H and O–H groups in total. The molecule has 4 aliphatic carbocycles. The fraction of sp³-hybridized carbons (Fsp3) is 0.933. The Kier molecular flexibility index (Phi) is 2.92. The number of carbonyl (C=O) groups excluding carboxylic acids is 1.